The Hall–Kier alpha value is -2.57. The minimum absolute atomic E-state index is 0.0992. The first-order valence-electron chi connectivity index (χ1n) is 9.89. The van der Waals surface area contributed by atoms with Crippen LogP contribution in [-0.2, 0) is 20.8 Å². The SMILES string of the molecule is CCOc1ccc(CCC(=O)N2CCCC(N(CC(=O)O)C(C)=O)CC2)cc1. The number of benzene rings is 1. The zero-order valence-electron chi connectivity index (χ0n) is 16.7. The molecule has 1 fully saturated rings. The van der Waals surface area contributed by atoms with Crippen molar-refractivity contribution in [3.8, 4) is 5.75 Å². The Morgan fingerprint density at radius 2 is 1.89 bits per heavy atom. The summed E-state index contributed by atoms with van der Waals surface area (Å²) in [5, 5.41) is 9.03. The van der Waals surface area contributed by atoms with Gasteiger partial charge in [0.2, 0.25) is 11.8 Å². The molecule has 0 saturated carbocycles. The van der Waals surface area contributed by atoms with Gasteiger partial charge in [0.1, 0.15) is 12.3 Å². The predicted octanol–water partition coefficient (Wildman–Crippen LogP) is 2.33. The van der Waals surface area contributed by atoms with Gasteiger partial charge in [-0.1, -0.05) is 12.1 Å². The highest BCUT2D eigenvalue weighted by Gasteiger charge is 2.27. The van der Waals surface area contributed by atoms with Crippen molar-refractivity contribution in [1.29, 1.82) is 0 Å². The molecule has 1 aliphatic heterocycles. The fourth-order valence-corrected chi connectivity index (χ4v) is 3.61. The summed E-state index contributed by atoms with van der Waals surface area (Å²) in [6.45, 7) is 4.88. The fraction of sp³-hybridized carbons (Fsp3) is 0.571. The van der Waals surface area contributed by atoms with Crippen LogP contribution in [0.1, 0.15) is 45.1 Å². The van der Waals surface area contributed by atoms with E-state index in [0.717, 1.165) is 24.2 Å². The van der Waals surface area contributed by atoms with Crippen LogP contribution in [-0.4, -0.2) is 65.0 Å². The van der Waals surface area contributed by atoms with Crippen molar-refractivity contribution in [2.24, 2.45) is 0 Å². The lowest BCUT2D eigenvalue weighted by Gasteiger charge is -2.28. The highest BCUT2D eigenvalue weighted by atomic mass is 16.5. The second kappa shape index (κ2) is 10.7. The van der Waals surface area contributed by atoms with Gasteiger partial charge in [-0.2, -0.15) is 0 Å². The third-order valence-electron chi connectivity index (χ3n) is 5.06. The van der Waals surface area contributed by atoms with Crippen molar-refractivity contribution in [2.45, 2.75) is 52.0 Å². The first-order chi connectivity index (χ1) is 13.4. The standard InChI is InChI=1S/C21H30N2O5/c1-3-28-19-9-6-17(7-10-19)8-11-20(25)22-13-4-5-18(12-14-22)23(16(2)24)15-21(26)27/h6-7,9-10,18H,3-5,8,11-15H2,1-2H3,(H,26,27). The molecule has 0 bridgehead atoms. The number of hydrogen-bond donors (Lipinski definition) is 1. The van der Waals surface area contributed by atoms with E-state index in [-0.39, 0.29) is 24.4 Å². The molecule has 0 radical (unpaired) electrons. The highest BCUT2D eigenvalue weighted by Crippen LogP contribution is 2.19. The smallest absolute Gasteiger partial charge is 0.323 e. The van der Waals surface area contributed by atoms with Crippen LogP contribution in [0, 0.1) is 0 Å². The van der Waals surface area contributed by atoms with E-state index in [1.54, 1.807) is 0 Å². The maximum Gasteiger partial charge on any atom is 0.323 e. The number of amides is 2. The Morgan fingerprint density at radius 1 is 1.18 bits per heavy atom. The van der Waals surface area contributed by atoms with E-state index in [2.05, 4.69) is 0 Å². The molecule has 1 atom stereocenters. The maximum absolute atomic E-state index is 12.6. The molecule has 2 amide bonds. The monoisotopic (exact) mass is 390 g/mol. The summed E-state index contributed by atoms with van der Waals surface area (Å²) in [6, 6.07) is 7.66. The van der Waals surface area contributed by atoms with E-state index >= 15 is 0 Å². The topological polar surface area (TPSA) is 87.2 Å². The normalized spacial score (nSPS) is 16.9. The van der Waals surface area contributed by atoms with Gasteiger partial charge in [-0.25, -0.2) is 0 Å². The Labute approximate surface area is 166 Å². The number of carboxylic acids is 1. The van der Waals surface area contributed by atoms with Crippen LogP contribution in [0.3, 0.4) is 0 Å². The van der Waals surface area contributed by atoms with E-state index in [4.69, 9.17) is 9.84 Å². The van der Waals surface area contributed by atoms with Crippen LogP contribution in [0.2, 0.25) is 0 Å². The minimum Gasteiger partial charge on any atom is -0.494 e. The fourth-order valence-electron chi connectivity index (χ4n) is 3.61. The summed E-state index contributed by atoms with van der Waals surface area (Å²) in [6.07, 6.45) is 3.20. The number of aryl methyl sites for hydroxylation is 1. The summed E-state index contributed by atoms with van der Waals surface area (Å²) in [7, 11) is 0. The molecule has 154 valence electrons. The first-order valence-corrected chi connectivity index (χ1v) is 9.89. The van der Waals surface area contributed by atoms with Gasteiger partial charge in [0, 0.05) is 32.5 Å². The second-order valence-corrected chi connectivity index (χ2v) is 7.08. The molecule has 28 heavy (non-hydrogen) atoms. The lowest BCUT2D eigenvalue weighted by molar-refractivity contribution is -0.145. The molecule has 1 unspecified atom stereocenters. The van der Waals surface area contributed by atoms with Crippen molar-refractivity contribution in [3.63, 3.8) is 0 Å². The van der Waals surface area contributed by atoms with Crippen molar-refractivity contribution in [1.82, 2.24) is 9.80 Å². The third kappa shape index (κ3) is 6.55. The molecule has 2 rings (SSSR count). The van der Waals surface area contributed by atoms with Crippen LogP contribution in [0.15, 0.2) is 24.3 Å². The van der Waals surface area contributed by atoms with Gasteiger partial charge in [-0.15, -0.1) is 0 Å². The second-order valence-electron chi connectivity index (χ2n) is 7.08. The summed E-state index contributed by atoms with van der Waals surface area (Å²) in [5.74, 6) is -0.319. The Balaban J connectivity index is 1.86. The summed E-state index contributed by atoms with van der Waals surface area (Å²) >= 11 is 0. The Morgan fingerprint density at radius 3 is 2.50 bits per heavy atom. The number of rotatable bonds is 8. The predicted molar refractivity (Wildman–Crippen MR) is 105 cm³/mol. The Bertz CT molecular complexity index is 674. The van der Waals surface area contributed by atoms with Gasteiger partial charge in [0.15, 0.2) is 0 Å². The molecule has 1 heterocycles. The molecule has 0 aromatic heterocycles. The molecular formula is C21H30N2O5. The molecule has 0 spiro atoms. The van der Waals surface area contributed by atoms with Gasteiger partial charge >= 0.3 is 5.97 Å². The van der Waals surface area contributed by atoms with E-state index in [0.29, 0.717) is 39.0 Å². The molecule has 1 N–H and O–H groups in total. The number of ether oxygens (including phenoxy) is 1. The zero-order chi connectivity index (χ0) is 20.5. The van der Waals surface area contributed by atoms with Gasteiger partial charge in [-0.05, 0) is 50.3 Å². The Kier molecular flexibility index (Phi) is 8.29. The quantitative estimate of drug-likeness (QED) is 0.736. The van der Waals surface area contributed by atoms with Gasteiger partial charge in [0.05, 0.1) is 6.61 Å². The van der Waals surface area contributed by atoms with Gasteiger partial charge in [-0.3, -0.25) is 14.4 Å². The van der Waals surface area contributed by atoms with E-state index in [1.807, 2.05) is 36.1 Å². The van der Waals surface area contributed by atoms with E-state index in [9.17, 15) is 14.4 Å². The molecule has 7 nitrogen and oxygen atoms in total. The highest BCUT2D eigenvalue weighted by molar-refractivity contribution is 5.80. The van der Waals surface area contributed by atoms with Crippen LogP contribution in [0.5, 0.6) is 5.75 Å². The molecule has 1 aromatic carbocycles. The molecule has 7 heteroatoms. The lowest BCUT2D eigenvalue weighted by Crippen LogP contribution is -2.43. The van der Waals surface area contributed by atoms with Gasteiger partial charge < -0.3 is 19.6 Å². The van der Waals surface area contributed by atoms with Crippen LogP contribution in [0.4, 0.5) is 0 Å². The molecule has 1 aliphatic rings. The van der Waals surface area contributed by atoms with Gasteiger partial charge in [0.25, 0.3) is 0 Å². The molecular weight excluding hydrogens is 360 g/mol. The lowest BCUT2D eigenvalue weighted by atomic mass is 10.1. The van der Waals surface area contributed by atoms with Crippen LogP contribution < -0.4 is 4.74 Å². The number of aliphatic carboxylic acids is 1. The zero-order valence-corrected chi connectivity index (χ0v) is 16.7. The summed E-state index contributed by atoms with van der Waals surface area (Å²) < 4.78 is 5.43. The van der Waals surface area contributed by atoms with Crippen molar-refractivity contribution in [2.75, 3.05) is 26.2 Å². The maximum atomic E-state index is 12.6. The summed E-state index contributed by atoms with van der Waals surface area (Å²) in [4.78, 5) is 38.7. The first kappa shape index (κ1) is 21.7. The summed E-state index contributed by atoms with van der Waals surface area (Å²) in [5.41, 5.74) is 1.09. The van der Waals surface area contributed by atoms with Crippen molar-refractivity contribution < 1.29 is 24.2 Å². The number of hydrogen-bond acceptors (Lipinski definition) is 4. The van der Waals surface area contributed by atoms with E-state index < -0.39 is 5.97 Å². The molecule has 0 aliphatic carbocycles. The van der Waals surface area contributed by atoms with Crippen LogP contribution in [0.25, 0.3) is 0 Å². The van der Waals surface area contributed by atoms with Crippen LogP contribution >= 0.6 is 0 Å². The molecule has 1 saturated heterocycles. The largest absolute Gasteiger partial charge is 0.494 e. The number of likely N-dealkylation sites (tertiary alicyclic amines) is 1. The minimum atomic E-state index is -1.01. The van der Waals surface area contributed by atoms with Crippen molar-refractivity contribution >= 4 is 17.8 Å². The van der Waals surface area contributed by atoms with E-state index in [1.165, 1.54) is 11.8 Å². The number of carboxylic acid groups (broad SMARTS) is 1. The third-order valence-corrected chi connectivity index (χ3v) is 5.06. The van der Waals surface area contributed by atoms with Crippen molar-refractivity contribution in [3.05, 3.63) is 29.8 Å². The average molecular weight is 390 g/mol. The number of nitrogens with zero attached hydrogens (tertiary/aromatic N) is 2. The molecule has 1 aromatic rings. The number of carbonyl (C=O) groups excluding carboxylic acids is 2. The number of carbonyl (C=O) groups is 3. The average Bonchev–Trinajstić information content (AvgIpc) is 2.91.